The summed E-state index contributed by atoms with van der Waals surface area (Å²) < 4.78 is 23.6. The molecule has 0 radical (unpaired) electrons. The Hall–Kier alpha value is 0.0569. The lowest BCUT2D eigenvalue weighted by atomic mass is 9.98. The second-order valence-electron chi connectivity index (χ2n) is 8.86. The van der Waals surface area contributed by atoms with Gasteiger partial charge in [-0.2, -0.15) is 0 Å². The predicted octanol–water partition coefficient (Wildman–Crippen LogP) is 3.95. The van der Waals surface area contributed by atoms with Gasteiger partial charge in [-0.3, -0.25) is 0 Å². The van der Waals surface area contributed by atoms with Crippen LogP contribution in [0.25, 0.3) is 0 Å². The fourth-order valence-corrected chi connectivity index (χ4v) is 3.57. The van der Waals surface area contributed by atoms with E-state index in [2.05, 4.69) is 40.8 Å². The molecule has 0 bridgehead atoms. The first-order valence-corrected chi connectivity index (χ1v) is 11.4. The number of epoxide rings is 1. The first kappa shape index (κ1) is 18.4. The Balaban J connectivity index is 1.70. The van der Waals surface area contributed by atoms with Gasteiger partial charge in [-0.25, -0.2) is 0 Å². The summed E-state index contributed by atoms with van der Waals surface area (Å²) in [6, 6.07) is 0. The maximum absolute atomic E-state index is 6.25. The fourth-order valence-electron chi connectivity index (χ4n) is 2.55. The molecule has 0 saturated carbocycles. The van der Waals surface area contributed by atoms with Gasteiger partial charge in [-0.1, -0.05) is 27.7 Å². The molecule has 130 valence electrons. The summed E-state index contributed by atoms with van der Waals surface area (Å²) in [6.07, 6.45) is 1.80. The van der Waals surface area contributed by atoms with Gasteiger partial charge in [0.15, 0.2) is 14.1 Å². The summed E-state index contributed by atoms with van der Waals surface area (Å²) in [5.74, 6) is 0.0124. The highest BCUT2D eigenvalue weighted by Crippen LogP contribution is 2.39. The number of hydrogen-bond acceptors (Lipinski definition) is 4. The predicted molar refractivity (Wildman–Crippen MR) is 90.5 cm³/mol. The van der Waals surface area contributed by atoms with Crippen molar-refractivity contribution in [3.05, 3.63) is 0 Å². The molecule has 2 rings (SSSR count). The summed E-state index contributed by atoms with van der Waals surface area (Å²) in [5, 5.41) is 0.255. The van der Waals surface area contributed by atoms with Crippen molar-refractivity contribution in [2.45, 2.75) is 90.2 Å². The number of rotatable bonds is 6. The van der Waals surface area contributed by atoms with Gasteiger partial charge < -0.3 is 18.6 Å². The van der Waals surface area contributed by atoms with Crippen LogP contribution in [0.5, 0.6) is 0 Å². The molecule has 0 aromatic rings. The van der Waals surface area contributed by atoms with E-state index in [4.69, 9.17) is 18.6 Å². The molecule has 4 nitrogen and oxygen atoms in total. The zero-order chi connectivity index (χ0) is 16.8. The van der Waals surface area contributed by atoms with Gasteiger partial charge in [-0.05, 0) is 44.3 Å². The minimum atomic E-state index is -1.67. The van der Waals surface area contributed by atoms with E-state index in [0.717, 1.165) is 13.0 Å². The van der Waals surface area contributed by atoms with Crippen LogP contribution in [0.3, 0.4) is 0 Å². The minimum Gasteiger partial charge on any atom is -0.414 e. The van der Waals surface area contributed by atoms with Crippen molar-refractivity contribution >= 4 is 8.32 Å². The monoisotopic (exact) mass is 330 g/mol. The highest BCUT2D eigenvalue weighted by atomic mass is 28.4. The Morgan fingerprint density at radius 3 is 2.36 bits per heavy atom. The highest BCUT2D eigenvalue weighted by molar-refractivity contribution is 6.74. The van der Waals surface area contributed by atoms with E-state index < -0.39 is 14.1 Å². The maximum atomic E-state index is 6.25. The summed E-state index contributed by atoms with van der Waals surface area (Å²) in [6.45, 7) is 19.0. The quantitative estimate of drug-likeness (QED) is 0.546. The molecule has 0 aromatic carbocycles. The highest BCUT2D eigenvalue weighted by Gasteiger charge is 2.45. The Labute approximate surface area is 137 Å². The molecule has 22 heavy (non-hydrogen) atoms. The Morgan fingerprint density at radius 1 is 1.23 bits per heavy atom. The first-order chi connectivity index (χ1) is 9.91. The molecule has 0 spiro atoms. The molecule has 0 amide bonds. The molecular weight excluding hydrogens is 296 g/mol. The molecule has 0 N–H and O–H groups in total. The third-order valence-electron chi connectivity index (χ3n) is 5.37. The van der Waals surface area contributed by atoms with E-state index in [1.165, 1.54) is 0 Å². The van der Waals surface area contributed by atoms with Crippen LogP contribution in [-0.4, -0.2) is 45.6 Å². The number of hydrogen-bond donors (Lipinski definition) is 0. The second kappa shape index (κ2) is 6.17. The van der Waals surface area contributed by atoms with Crippen molar-refractivity contribution in [3.8, 4) is 0 Å². The van der Waals surface area contributed by atoms with Gasteiger partial charge in [0.2, 0.25) is 0 Å². The summed E-state index contributed by atoms with van der Waals surface area (Å²) in [4.78, 5) is 0. The van der Waals surface area contributed by atoms with E-state index in [0.29, 0.717) is 18.6 Å². The zero-order valence-corrected chi connectivity index (χ0v) is 16.6. The molecule has 0 unspecified atom stereocenters. The lowest BCUT2D eigenvalue weighted by Crippen LogP contribution is -2.41. The topological polar surface area (TPSA) is 40.2 Å². The summed E-state index contributed by atoms with van der Waals surface area (Å²) >= 11 is 0. The molecule has 0 aromatic heterocycles. The van der Waals surface area contributed by atoms with E-state index in [1.54, 1.807) is 0 Å². The van der Waals surface area contributed by atoms with Crippen LogP contribution in [0.1, 0.15) is 48.0 Å². The normalized spacial score (nSPS) is 33.0. The standard InChI is InChI=1S/C17H34O4Si/c1-12(14-10-18-17(5,6)21-14)9-13-15(20-13)11-19-22(7,8)16(2,3)4/h12-15H,9-11H2,1-8H3/t12-,13+,14-,15-/m0/s1. The molecule has 5 heteroatoms. The van der Waals surface area contributed by atoms with Crippen LogP contribution in [-0.2, 0) is 18.6 Å². The smallest absolute Gasteiger partial charge is 0.192 e. The SMILES string of the molecule is C[C@@H](C[C@H]1O[C@H]1CO[Si](C)(C)C(C)(C)C)[C@@H]1COC(C)(C)O1. The van der Waals surface area contributed by atoms with Crippen LogP contribution in [0.2, 0.25) is 18.1 Å². The zero-order valence-electron chi connectivity index (χ0n) is 15.6. The average Bonchev–Trinajstić information content (AvgIpc) is 2.98. The van der Waals surface area contributed by atoms with Crippen LogP contribution >= 0.6 is 0 Å². The van der Waals surface area contributed by atoms with Crippen molar-refractivity contribution in [3.63, 3.8) is 0 Å². The molecule has 2 heterocycles. The molecule has 2 aliphatic rings. The Bertz CT molecular complexity index is 389. The molecule has 2 fully saturated rings. The van der Waals surface area contributed by atoms with Crippen molar-refractivity contribution in [1.82, 2.24) is 0 Å². The van der Waals surface area contributed by atoms with Gasteiger partial charge in [-0.15, -0.1) is 0 Å². The molecule has 4 atom stereocenters. The van der Waals surface area contributed by atoms with Crippen LogP contribution in [0, 0.1) is 5.92 Å². The van der Waals surface area contributed by atoms with Gasteiger partial charge >= 0.3 is 0 Å². The molecular formula is C17H34O4Si. The van der Waals surface area contributed by atoms with Crippen LogP contribution in [0.4, 0.5) is 0 Å². The van der Waals surface area contributed by atoms with Gasteiger partial charge in [0.25, 0.3) is 0 Å². The second-order valence-corrected chi connectivity index (χ2v) is 13.7. The van der Waals surface area contributed by atoms with Crippen molar-refractivity contribution in [1.29, 1.82) is 0 Å². The van der Waals surface area contributed by atoms with Gasteiger partial charge in [0.1, 0.15) is 6.10 Å². The van der Waals surface area contributed by atoms with Crippen molar-refractivity contribution in [2.24, 2.45) is 5.92 Å². The van der Waals surface area contributed by atoms with Crippen molar-refractivity contribution < 1.29 is 18.6 Å². The van der Waals surface area contributed by atoms with E-state index in [1.807, 2.05) is 13.8 Å². The third-order valence-corrected chi connectivity index (χ3v) is 9.87. The van der Waals surface area contributed by atoms with Crippen LogP contribution < -0.4 is 0 Å². The third kappa shape index (κ3) is 4.54. The van der Waals surface area contributed by atoms with E-state index >= 15 is 0 Å². The lowest BCUT2D eigenvalue weighted by molar-refractivity contribution is -0.144. The largest absolute Gasteiger partial charge is 0.414 e. The van der Waals surface area contributed by atoms with Gasteiger partial charge in [0, 0.05) is 0 Å². The number of ether oxygens (including phenoxy) is 3. The molecule has 0 aliphatic carbocycles. The molecule has 2 aliphatic heterocycles. The first-order valence-electron chi connectivity index (χ1n) is 8.52. The van der Waals surface area contributed by atoms with Crippen LogP contribution in [0.15, 0.2) is 0 Å². The minimum absolute atomic E-state index is 0.182. The van der Waals surface area contributed by atoms with Crippen molar-refractivity contribution in [2.75, 3.05) is 13.2 Å². The Morgan fingerprint density at radius 2 is 1.86 bits per heavy atom. The lowest BCUT2D eigenvalue weighted by Gasteiger charge is -2.36. The fraction of sp³-hybridized carbons (Fsp3) is 1.00. The molecule has 2 saturated heterocycles. The van der Waals surface area contributed by atoms with Gasteiger partial charge in [0.05, 0.1) is 25.4 Å². The van der Waals surface area contributed by atoms with E-state index in [9.17, 15) is 0 Å². The summed E-state index contributed by atoms with van der Waals surface area (Å²) in [7, 11) is -1.67. The summed E-state index contributed by atoms with van der Waals surface area (Å²) in [5.41, 5.74) is 0. The van der Waals surface area contributed by atoms with E-state index in [-0.39, 0.29) is 17.2 Å². The average molecular weight is 331 g/mol. The Kier molecular flexibility index (Phi) is 5.16. The maximum Gasteiger partial charge on any atom is 0.192 e.